The first kappa shape index (κ1) is 25.2. The van der Waals surface area contributed by atoms with E-state index in [4.69, 9.17) is 15.7 Å². The summed E-state index contributed by atoms with van der Waals surface area (Å²) in [5, 5.41) is 0. The molecular weight excluding hydrogens is 624 g/mol. The van der Waals surface area contributed by atoms with E-state index in [1.165, 1.54) is 38.5 Å². The van der Waals surface area contributed by atoms with E-state index in [0.29, 0.717) is 0 Å². The van der Waals surface area contributed by atoms with Crippen LogP contribution in [0, 0.1) is 0 Å². The van der Waals surface area contributed by atoms with Crippen LogP contribution in [-0.4, -0.2) is 68.4 Å². The van der Waals surface area contributed by atoms with Crippen molar-refractivity contribution >= 4 is 78.3 Å². The SMILES string of the molecule is CCCCCCCC[C](S)([CH](C(=O)[O][SnH]([CH3])[CH3])[SnH]([CH3])[CH3])[SnH]([CH3])[CH3]. The monoisotopic (exact) mass is 668 g/mol. The molecule has 2 nitrogen and oxygen atoms in total. The molecular formula is C17H40O2SSn3. The Morgan fingerprint density at radius 1 is 1.00 bits per heavy atom. The van der Waals surface area contributed by atoms with Gasteiger partial charge in [-0.05, 0) is 0 Å². The van der Waals surface area contributed by atoms with E-state index in [-0.39, 0.29) is 12.7 Å². The molecule has 0 spiro atoms. The molecule has 0 aliphatic carbocycles. The molecule has 0 amide bonds. The fraction of sp³-hybridized carbons (Fsp3) is 0.941. The summed E-state index contributed by atoms with van der Waals surface area (Å²) >= 11 is -0.387. The Morgan fingerprint density at radius 3 is 1.96 bits per heavy atom. The van der Waals surface area contributed by atoms with E-state index >= 15 is 0 Å². The van der Waals surface area contributed by atoms with Crippen LogP contribution in [0.4, 0.5) is 0 Å². The first-order valence-electron chi connectivity index (χ1n) is 9.59. The van der Waals surface area contributed by atoms with Crippen molar-refractivity contribution in [2.45, 2.75) is 88.2 Å². The zero-order valence-electron chi connectivity index (χ0n) is 16.5. The average Bonchev–Trinajstić information content (AvgIpc) is 2.41. The van der Waals surface area contributed by atoms with E-state index in [2.05, 4.69) is 36.6 Å². The van der Waals surface area contributed by atoms with Gasteiger partial charge in [-0.2, -0.15) is 0 Å². The number of carbonyl (C=O) groups excluding carboxylic acids is 1. The van der Waals surface area contributed by atoms with Gasteiger partial charge in [0.2, 0.25) is 0 Å². The number of carbonyl (C=O) groups is 1. The third-order valence-corrected chi connectivity index (χ3v) is 28.5. The van der Waals surface area contributed by atoms with Crippen LogP contribution in [0.15, 0.2) is 0 Å². The van der Waals surface area contributed by atoms with Gasteiger partial charge in [-0.3, -0.25) is 0 Å². The molecule has 2 unspecified atom stereocenters. The molecule has 0 aromatic heterocycles. The van der Waals surface area contributed by atoms with Crippen molar-refractivity contribution in [1.82, 2.24) is 0 Å². The predicted molar refractivity (Wildman–Crippen MR) is 116 cm³/mol. The Morgan fingerprint density at radius 2 is 1.52 bits per heavy atom. The fourth-order valence-corrected chi connectivity index (χ4v) is 33.6. The quantitative estimate of drug-likeness (QED) is 0.184. The van der Waals surface area contributed by atoms with Gasteiger partial charge in [-0.15, -0.1) is 0 Å². The average molecular weight is 665 g/mol. The zero-order valence-corrected chi connectivity index (χ0v) is 27.3. The third-order valence-electron chi connectivity index (χ3n) is 4.74. The molecule has 6 heteroatoms. The second kappa shape index (κ2) is 13.4. The number of hydrogen-bond donors (Lipinski definition) is 1. The molecule has 2 atom stereocenters. The van der Waals surface area contributed by atoms with Crippen LogP contribution >= 0.6 is 12.6 Å². The number of unbranched alkanes of at least 4 members (excludes halogenated alkanes) is 5. The number of rotatable bonds is 12. The van der Waals surface area contributed by atoms with Gasteiger partial charge in [0.1, 0.15) is 0 Å². The van der Waals surface area contributed by atoms with Crippen LogP contribution in [0.3, 0.4) is 0 Å². The normalized spacial score (nSPS) is 16.0. The van der Waals surface area contributed by atoms with Crippen LogP contribution < -0.4 is 0 Å². The van der Waals surface area contributed by atoms with Crippen molar-refractivity contribution in [1.29, 1.82) is 0 Å². The molecule has 0 saturated heterocycles. The summed E-state index contributed by atoms with van der Waals surface area (Å²) in [6.07, 6.45) is 9.06. The first-order chi connectivity index (χ1) is 10.7. The van der Waals surface area contributed by atoms with Crippen LogP contribution in [0.1, 0.15) is 51.9 Å². The standard InChI is InChI=1S/C11H20O2S.6CH3.3Sn.3H/c1-2-3-4-5-6-7-8-10(14)9-11(12)13;;;;;;;;;;;;/h9,14H,2-8H2,1H3,(H,12,13);6*1H3;;;;;;/q;;;;;;;;;+1;;;/p-1. The summed E-state index contributed by atoms with van der Waals surface area (Å²) in [6, 6.07) is 0. The van der Waals surface area contributed by atoms with Crippen LogP contribution in [0.5, 0.6) is 0 Å². The molecule has 0 aromatic rings. The molecule has 0 aromatic carbocycles. The summed E-state index contributed by atoms with van der Waals surface area (Å²) < 4.78 is 6.09. The van der Waals surface area contributed by atoms with Crippen molar-refractivity contribution < 1.29 is 7.87 Å². The summed E-state index contributed by atoms with van der Waals surface area (Å²) in [7, 11) is 0. The Labute approximate surface area is 172 Å². The molecule has 0 aliphatic rings. The molecule has 0 fully saturated rings. The van der Waals surface area contributed by atoms with Crippen molar-refractivity contribution in [2.75, 3.05) is 0 Å². The van der Waals surface area contributed by atoms with E-state index < -0.39 is 59.7 Å². The van der Waals surface area contributed by atoms with Gasteiger partial charge in [0.15, 0.2) is 0 Å². The number of hydrogen-bond acceptors (Lipinski definition) is 3. The van der Waals surface area contributed by atoms with Crippen molar-refractivity contribution in [2.24, 2.45) is 0 Å². The van der Waals surface area contributed by atoms with Crippen LogP contribution in [0.2, 0.25) is 33.6 Å². The van der Waals surface area contributed by atoms with E-state index in [1.54, 1.807) is 0 Å². The van der Waals surface area contributed by atoms with Crippen molar-refractivity contribution in [3.63, 3.8) is 0 Å². The van der Waals surface area contributed by atoms with Gasteiger partial charge in [-0.1, -0.05) is 0 Å². The van der Waals surface area contributed by atoms with E-state index in [0.717, 1.165) is 6.42 Å². The molecule has 0 rings (SSSR count). The molecule has 0 heterocycles. The van der Waals surface area contributed by atoms with E-state index in [9.17, 15) is 4.79 Å². The Kier molecular flexibility index (Phi) is 14.7. The van der Waals surface area contributed by atoms with Crippen LogP contribution in [-0.2, 0) is 7.87 Å². The van der Waals surface area contributed by atoms with Crippen molar-refractivity contribution in [3.8, 4) is 0 Å². The molecule has 138 valence electrons. The van der Waals surface area contributed by atoms with Gasteiger partial charge in [-0.25, -0.2) is 0 Å². The minimum atomic E-state index is -1.96. The second-order valence-corrected chi connectivity index (χ2v) is 35.3. The zero-order chi connectivity index (χ0) is 18.0. The van der Waals surface area contributed by atoms with Gasteiger partial charge < -0.3 is 0 Å². The van der Waals surface area contributed by atoms with Gasteiger partial charge in [0.05, 0.1) is 0 Å². The molecule has 0 bridgehead atoms. The Bertz CT molecular complexity index is 338. The third kappa shape index (κ3) is 9.64. The minimum absolute atomic E-state index is 0.0501. The second-order valence-electron chi connectivity index (χ2n) is 7.87. The topological polar surface area (TPSA) is 26.3 Å². The fourth-order valence-electron chi connectivity index (χ4n) is 3.35. The van der Waals surface area contributed by atoms with Crippen LogP contribution in [0.25, 0.3) is 0 Å². The summed E-state index contributed by atoms with van der Waals surface area (Å²) in [5.41, 5.74) is 0. The maximum atomic E-state index is 12.8. The molecule has 0 aliphatic heterocycles. The molecule has 23 heavy (non-hydrogen) atoms. The molecule has 0 N–H and O–H groups in total. The van der Waals surface area contributed by atoms with Gasteiger partial charge >= 0.3 is 174 Å². The molecule has 0 saturated carbocycles. The van der Waals surface area contributed by atoms with Crippen molar-refractivity contribution in [3.05, 3.63) is 0 Å². The van der Waals surface area contributed by atoms with Gasteiger partial charge in [0.25, 0.3) is 0 Å². The Balaban J connectivity index is 4.87. The van der Waals surface area contributed by atoms with Gasteiger partial charge in [0, 0.05) is 0 Å². The maximum absolute atomic E-state index is 12.8. The summed E-state index contributed by atoms with van der Waals surface area (Å²) in [4.78, 5) is 26.8. The van der Waals surface area contributed by atoms with E-state index in [1.807, 2.05) is 0 Å². The number of thiol groups is 1. The predicted octanol–water partition coefficient (Wildman–Crippen LogP) is 4.82. The Hall–Kier alpha value is 2.22. The first-order valence-corrected chi connectivity index (χ1v) is 34.7. The summed E-state index contributed by atoms with van der Waals surface area (Å²) in [5.74, 6) is 0.160. The summed E-state index contributed by atoms with van der Waals surface area (Å²) in [6.45, 7) is 2.26. The molecule has 0 radical (unpaired) electrons.